The molecule has 0 atom stereocenters. The van der Waals surface area contributed by atoms with Crippen LogP contribution < -0.4 is 0 Å². The van der Waals surface area contributed by atoms with Gasteiger partial charge in [0.2, 0.25) is 0 Å². The Balaban J connectivity index is 1.38. The fourth-order valence-electron chi connectivity index (χ4n) is 7.15. The van der Waals surface area contributed by atoms with Gasteiger partial charge in [-0.15, -0.1) is 0 Å². The van der Waals surface area contributed by atoms with Gasteiger partial charge in [-0.2, -0.15) is 0 Å². The second kappa shape index (κ2) is 8.37. The summed E-state index contributed by atoms with van der Waals surface area (Å²) in [6.45, 7) is 0. The van der Waals surface area contributed by atoms with E-state index in [9.17, 15) is 0 Å². The minimum Gasteiger partial charge on any atom is -0.455 e. The highest BCUT2D eigenvalue weighted by Crippen LogP contribution is 2.43. The van der Waals surface area contributed by atoms with Crippen molar-refractivity contribution in [3.63, 3.8) is 0 Å². The first-order valence-corrected chi connectivity index (χ1v) is 14.7. The van der Waals surface area contributed by atoms with Crippen molar-refractivity contribution in [2.24, 2.45) is 0 Å². The van der Waals surface area contributed by atoms with Crippen LogP contribution in [0.5, 0.6) is 0 Å². The number of fused-ring (bicyclic) bond motifs is 11. The van der Waals surface area contributed by atoms with Gasteiger partial charge in [0, 0.05) is 49.1 Å². The van der Waals surface area contributed by atoms with Crippen LogP contribution in [0.1, 0.15) is 0 Å². The summed E-state index contributed by atoms with van der Waals surface area (Å²) < 4.78 is 9.03. The number of rotatable bonds is 2. The summed E-state index contributed by atoms with van der Waals surface area (Å²) in [5.41, 5.74) is 9.82. The third kappa shape index (κ3) is 3.14. The lowest BCUT2D eigenvalue weighted by Crippen LogP contribution is -1.96. The number of aromatic nitrogens is 2. The summed E-state index contributed by atoms with van der Waals surface area (Å²) in [5, 5.41) is 9.63. The van der Waals surface area contributed by atoms with Crippen molar-refractivity contribution in [1.82, 2.24) is 9.55 Å². The lowest BCUT2D eigenvalue weighted by atomic mass is 9.98. The molecule has 0 amide bonds. The quantitative estimate of drug-likeness (QED) is 0.229. The number of nitrogens with zero attached hydrogens (tertiary/aromatic N) is 1. The molecule has 0 radical (unpaired) electrons. The molecule has 0 aliphatic carbocycles. The van der Waals surface area contributed by atoms with Gasteiger partial charge in [0.15, 0.2) is 0 Å². The van der Waals surface area contributed by atoms with Crippen molar-refractivity contribution in [2.75, 3.05) is 0 Å². The summed E-state index contributed by atoms with van der Waals surface area (Å²) in [7, 11) is 0. The van der Waals surface area contributed by atoms with Crippen LogP contribution in [0.25, 0.3) is 93.1 Å². The van der Waals surface area contributed by atoms with Crippen molar-refractivity contribution >= 4 is 76.3 Å². The van der Waals surface area contributed by atoms with E-state index in [-0.39, 0.29) is 0 Å². The molecule has 1 N–H and O–H groups in total. The average Bonchev–Trinajstić information content (AvgIpc) is 3.74. The van der Waals surface area contributed by atoms with Gasteiger partial charge in [-0.05, 0) is 52.7 Å². The van der Waals surface area contributed by atoms with Gasteiger partial charge in [-0.25, -0.2) is 0 Å². The van der Waals surface area contributed by atoms with Crippen molar-refractivity contribution < 1.29 is 4.42 Å². The maximum Gasteiger partial charge on any atom is 0.143 e. The summed E-state index contributed by atoms with van der Waals surface area (Å²) in [5.74, 6) is 0. The first-order chi connectivity index (χ1) is 21.3. The SMILES string of the molecule is c1ccc2cc(-c3cc(-n4c5ccccc5c5ccc6c7ccccc7[nH]c6c54)cc4c3oc3ccccc34)ccc2c1. The topological polar surface area (TPSA) is 33.9 Å². The zero-order chi connectivity index (χ0) is 28.1. The van der Waals surface area contributed by atoms with E-state index in [4.69, 9.17) is 4.42 Å². The van der Waals surface area contributed by atoms with Gasteiger partial charge in [0.05, 0.1) is 16.6 Å². The summed E-state index contributed by atoms with van der Waals surface area (Å²) >= 11 is 0. The minimum absolute atomic E-state index is 0.900. The molecule has 0 spiro atoms. The highest BCUT2D eigenvalue weighted by atomic mass is 16.3. The molecule has 0 aliphatic rings. The Bertz CT molecular complexity index is 2740. The maximum atomic E-state index is 6.59. The predicted octanol–water partition coefficient (Wildman–Crippen LogP) is 11.1. The molecule has 0 saturated carbocycles. The van der Waals surface area contributed by atoms with Crippen LogP contribution in [-0.2, 0) is 0 Å². The molecule has 200 valence electrons. The van der Waals surface area contributed by atoms with Gasteiger partial charge in [0.1, 0.15) is 11.2 Å². The molecule has 43 heavy (non-hydrogen) atoms. The molecule has 3 nitrogen and oxygen atoms in total. The van der Waals surface area contributed by atoms with Crippen molar-refractivity contribution in [2.45, 2.75) is 0 Å². The molecule has 3 heterocycles. The Labute approximate surface area is 246 Å². The van der Waals surface area contributed by atoms with Crippen LogP contribution in [0.4, 0.5) is 0 Å². The standard InChI is InChI=1S/C40H24N2O/c1-2-10-25-21-26(18-17-24(25)9-1)33-22-27(23-34-30-13-5-8-16-37(30)43-40(33)34)42-36-15-7-4-12-29(36)32-20-19-31-28-11-3-6-14-35(28)41-38(31)39(32)42/h1-23,41H. The second-order valence-electron chi connectivity index (χ2n) is 11.4. The number of hydrogen-bond acceptors (Lipinski definition) is 1. The van der Waals surface area contributed by atoms with E-state index in [1.54, 1.807) is 0 Å². The Kier molecular flexibility index (Phi) is 4.45. The first-order valence-electron chi connectivity index (χ1n) is 14.7. The van der Waals surface area contributed by atoms with Crippen molar-refractivity contribution in [3.8, 4) is 16.8 Å². The Morgan fingerprint density at radius 1 is 0.512 bits per heavy atom. The van der Waals surface area contributed by atoms with Gasteiger partial charge < -0.3 is 14.0 Å². The van der Waals surface area contributed by atoms with Crippen LogP contribution in [-0.4, -0.2) is 9.55 Å². The number of aromatic amines is 1. The van der Waals surface area contributed by atoms with Crippen molar-refractivity contribution in [3.05, 3.63) is 140 Å². The molecule has 0 saturated heterocycles. The van der Waals surface area contributed by atoms with E-state index in [2.05, 4.69) is 143 Å². The molecule has 10 aromatic rings. The number of H-pyrrole nitrogens is 1. The lowest BCUT2D eigenvalue weighted by molar-refractivity contribution is 0.670. The molecule has 7 aromatic carbocycles. The summed E-state index contributed by atoms with van der Waals surface area (Å²) in [6.07, 6.45) is 0. The number of para-hydroxylation sites is 3. The molecule has 0 aliphatic heterocycles. The molecular formula is C40H24N2O. The van der Waals surface area contributed by atoms with Gasteiger partial charge >= 0.3 is 0 Å². The van der Waals surface area contributed by atoms with Crippen LogP contribution in [0.2, 0.25) is 0 Å². The number of hydrogen-bond donors (Lipinski definition) is 1. The van der Waals surface area contributed by atoms with Crippen LogP contribution in [0.15, 0.2) is 144 Å². The molecule has 10 rings (SSSR count). The maximum absolute atomic E-state index is 6.59. The highest BCUT2D eigenvalue weighted by molar-refractivity contribution is 6.23. The molecule has 0 unspecified atom stereocenters. The van der Waals surface area contributed by atoms with E-state index in [1.807, 2.05) is 6.07 Å². The van der Waals surface area contributed by atoms with Gasteiger partial charge in [0.25, 0.3) is 0 Å². The third-order valence-corrected chi connectivity index (χ3v) is 9.10. The molecule has 3 aromatic heterocycles. The van der Waals surface area contributed by atoms with E-state index in [1.165, 1.54) is 43.4 Å². The number of furan rings is 1. The summed E-state index contributed by atoms with van der Waals surface area (Å²) in [4.78, 5) is 3.78. The zero-order valence-corrected chi connectivity index (χ0v) is 23.1. The zero-order valence-electron chi connectivity index (χ0n) is 23.1. The third-order valence-electron chi connectivity index (χ3n) is 9.10. The van der Waals surface area contributed by atoms with E-state index in [0.717, 1.165) is 49.8 Å². The number of nitrogens with one attached hydrogen (secondary N) is 1. The highest BCUT2D eigenvalue weighted by Gasteiger charge is 2.20. The van der Waals surface area contributed by atoms with E-state index >= 15 is 0 Å². The molecule has 0 bridgehead atoms. The van der Waals surface area contributed by atoms with Gasteiger partial charge in [-0.3, -0.25) is 0 Å². The van der Waals surface area contributed by atoms with E-state index in [0.29, 0.717) is 0 Å². The van der Waals surface area contributed by atoms with E-state index < -0.39 is 0 Å². The number of benzene rings is 7. The Morgan fingerprint density at radius 3 is 2.19 bits per heavy atom. The normalized spacial score (nSPS) is 12.2. The molecule has 3 heteroatoms. The Morgan fingerprint density at radius 2 is 1.26 bits per heavy atom. The lowest BCUT2D eigenvalue weighted by Gasteiger charge is -2.13. The van der Waals surface area contributed by atoms with Gasteiger partial charge in [-0.1, -0.05) is 103 Å². The predicted molar refractivity (Wildman–Crippen MR) is 180 cm³/mol. The molecular weight excluding hydrogens is 524 g/mol. The van der Waals surface area contributed by atoms with Crippen LogP contribution in [0, 0.1) is 0 Å². The summed E-state index contributed by atoms with van der Waals surface area (Å²) in [6, 6.07) is 50.1. The molecule has 0 fully saturated rings. The minimum atomic E-state index is 0.900. The fraction of sp³-hybridized carbons (Fsp3) is 0. The largest absolute Gasteiger partial charge is 0.455 e. The monoisotopic (exact) mass is 548 g/mol. The van der Waals surface area contributed by atoms with Crippen LogP contribution in [0.3, 0.4) is 0 Å². The first kappa shape index (κ1) is 22.8. The smallest absolute Gasteiger partial charge is 0.143 e. The second-order valence-corrected chi connectivity index (χ2v) is 11.4. The Hall–Kier alpha value is -5.80. The fourth-order valence-corrected chi connectivity index (χ4v) is 7.15. The average molecular weight is 549 g/mol. The van der Waals surface area contributed by atoms with Crippen molar-refractivity contribution in [1.29, 1.82) is 0 Å². The van der Waals surface area contributed by atoms with Crippen LogP contribution >= 0.6 is 0 Å².